The summed E-state index contributed by atoms with van der Waals surface area (Å²) in [6.45, 7) is 0.622. The first-order chi connectivity index (χ1) is 8.87. The lowest BCUT2D eigenvalue weighted by Gasteiger charge is -2.15. The Hall–Kier alpha value is -1.76. The van der Waals surface area contributed by atoms with Crippen molar-refractivity contribution < 1.29 is 27.8 Å². The van der Waals surface area contributed by atoms with E-state index in [1.165, 1.54) is 18.2 Å². The summed E-state index contributed by atoms with van der Waals surface area (Å²) >= 11 is 0. The topological polar surface area (TPSA) is 58.6 Å². The lowest BCUT2D eigenvalue weighted by Crippen LogP contribution is -2.24. The van der Waals surface area contributed by atoms with Gasteiger partial charge in [-0.15, -0.1) is 0 Å². The van der Waals surface area contributed by atoms with E-state index in [4.69, 9.17) is 4.74 Å². The number of amides is 1. The third-order valence-corrected chi connectivity index (χ3v) is 2.70. The zero-order valence-electron chi connectivity index (χ0n) is 9.83. The number of aliphatic hydroxyl groups is 1. The predicted octanol–water partition coefficient (Wildman–Crippen LogP) is 1.79. The van der Waals surface area contributed by atoms with Crippen LogP contribution in [-0.4, -0.2) is 30.3 Å². The molecular weight excluding hydrogens is 263 g/mol. The molecule has 4 nitrogen and oxygen atoms in total. The molecule has 2 rings (SSSR count). The third kappa shape index (κ3) is 3.37. The molecule has 1 amide bonds. The minimum absolute atomic E-state index is 0.0386. The van der Waals surface area contributed by atoms with Gasteiger partial charge in [-0.05, 0) is 17.7 Å². The number of fused-ring (bicyclic) bond motifs is 1. The largest absolute Gasteiger partial charge is 0.491 e. The second kappa shape index (κ2) is 5.08. The molecule has 0 saturated heterocycles. The number of nitrogens with one attached hydrogen (secondary N) is 1. The Morgan fingerprint density at radius 1 is 1.42 bits per heavy atom. The molecule has 0 spiro atoms. The second-order valence-electron chi connectivity index (χ2n) is 4.20. The zero-order valence-corrected chi connectivity index (χ0v) is 9.83. The SMILES string of the molecule is O=C1NCCOc2ccc(C(O)CC(F)(F)F)cc21. The monoisotopic (exact) mass is 275 g/mol. The first kappa shape index (κ1) is 13.7. The highest BCUT2D eigenvalue weighted by atomic mass is 19.4. The van der Waals surface area contributed by atoms with Gasteiger partial charge in [0.15, 0.2) is 0 Å². The summed E-state index contributed by atoms with van der Waals surface area (Å²) in [5, 5.41) is 12.1. The van der Waals surface area contributed by atoms with Crippen LogP contribution >= 0.6 is 0 Å². The second-order valence-corrected chi connectivity index (χ2v) is 4.20. The Labute approximate surface area is 107 Å². The molecule has 104 valence electrons. The van der Waals surface area contributed by atoms with E-state index in [0.717, 1.165) is 0 Å². The minimum atomic E-state index is -4.47. The maximum atomic E-state index is 12.2. The summed E-state index contributed by atoms with van der Waals surface area (Å²) in [6, 6.07) is 3.95. The van der Waals surface area contributed by atoms with Crippen LogP contribution < -0.4 is 10.1 Å². The molecule has 0 aliphatic carbocycles. The number of hydrogen-bond acceptors (Lipinski definition) is 3. The fraction of sp³-hybridized carbons (Fsp3) is 0.417. The van der Waals surface area contributed by atoms with Crippen molar-refractivity contribution in [2.45, 2.75) is 18.7 Å². The van der Waals surface area contributed by atoms with Crippen molar-refractivity contribution in [3.05, 3.63) is 29.3 Å². The molecule has 1 aliphatic rings. The molecule has 0 saturated carbocycles. The predicted molar refractivity (Wildman–Crippen MR) is 59.9 cm³/mol. The number of halogens is 3. The molecule has 0 bridgehead atoms. The van der Waals surface area contributed by atoms with Gasteiger partial charge in [-0.25, -0.2) is 0 Å². The van der Waals surface area contributed by atoms with Crippen molar-refractivity contribution in [3.63, 3.8) is 0 Å². The van der Waals surface area contributed by atoms with Crippen molar-refractivity contribution in [2.24, 2.45) is 0 Å². The first-order valence-electron chi connectivity index (χ1n) is 5.66. The van der Waals surface area contributed by atoms with Crippen LogP contribution in [0.25, 0.3) is 0 Å². The van der Waals surface area contributed by atoms with Gasteiger partial charge in [-0.1, -0.05) is 6.07 Å². The molecule has 1 aromatic rings. The average Bonchev–Trinajstić information content (AvgIpc) is 2.49. The quantitative estimate of drug-likeness (QED) is 0.865. The molecule has 7 heteroatoms. The summed E-state index contributed by atoms with van der Waals surface area (Å²) in [6.07, 6.45) is -7.51. The third-order valence-electron chi connectivity index (χ3n) is 2.70. The van der Waals surface area contributed by atoms with E-state index in [1.807, 2.05) is 0 Å². The molecule has 1 aliphatic heterocycles. The van der Waals surface area contributed by atoms with E-state index in [0.29, 0.717) is 18.9 Å². The van der Waals surface area contributed by atoms with Crippen molar-refractivity contribution in [3.8, 4) is 5.75 Å². The fourth-order valence-electron chi connectivity index (χ4n) is 1.82. The number of aliphatic hydroxyl groups excluding tert-OH is 1. The molecule has 19 heavy (non-hydrogen) atoms. The maximum absolute atomic E-state index is 12.2. The van der Waals surface area contributed by atoms with Crippen LogP contribution in [0, 0.1) is 0 Å². The molecule has 2 N–H and O–H groups in total. The van der Waals surface area contributed by atoms with Gasteiger partial charge >= 0.3 is 6.18 Å². The Morgan fingerprint density at radius 3 is 2.84 bits per heavy atom. The summed E-state index contributed by atoms with van der Waals surface area (Å²) in [5.41, 5.74) is 0.174. The van der Waals surface area contributed by atoms with E-state index < -0.39 is 24.6 Å². The van der Waals surface area contributed by atoms with E-state index in [-0.39, 0.29) is 11.1 Å². The Kier molecular flexibility index (Phi) is 3.66. The molecular formula is C12H12F3NO3. The lowest BCUT2D eigenvalue weighted by molar-refractivity contribution is -0.154. The standard InChI is InChI=1S/C12H12F3NO3/c13-12(14,15)6-9(17)7-1-2-10-8(5-7)11(18)16-3-4-19-10/h1-2,5,9,17H,3-4,6H2,(H,16,18). The first-order valence-corrected chi connectivity index (χ1v) is 5.66. The Bertz CT molecular complexity index is 488. The number of rotatable bonds is 2. The molecule has 0 aromatic heterocycles. The molecule has 0 radical (unpaired) electrons. The van der Waals surface area contributed by atoms with E-state index in [9.17, 15) is 23.1 Å². The molecule has 1 unspecified atom stereocenters. The van der Waals surface area contributed by atoms with E-state index >= 15 is 0 Å². The highest BCUT2D eigenvalue weighted by Gasteiger charge is 2.32. The van der Waals surface area contributed by atoms with Gasteiger partial charge in [-0.3, -0.25) is 4.79 Å². The van der Waals surface area contributed by atoms with Gasteiger partial charge in [0.1, 0.15) is 12.4 Å². The molecule has 1 aromatic carbocycles. The van der Waals surface area contributed by atoms with Crippen LogP contribution in [0.3, 0.4) is 0 Å². The summed E-state index contributed by atoms with van der Waals surface area (Å²) in [7, 11) is 0. The number of carbonyl (C=O) groups excluding carboxylic acids is 1. The maximum Gasteiger partial charge on any atom is 0.391 e. The molecule has 0 fully saturated rings. The summed E-state index contributed by atoms with van der Waals surface area (Å²) in [4.78, 5) is 11.7. The van der Waals surface area contributed by atoms with E-state index in [2.05, 4.69) is 5.32 Å². The fourth-order valence-corrected chi connectivity index (χ4v) is 1.82. The van der Waals surface area contributed by atoms with Crippen LogP contribution in [0.4, 0.5) is 13.2 Å². The van der Waals surface area contributed by atoms with Gasteiger partial charge in [-0.2, -0.15) is 13.2 Å². The highest BCUT2D eigenvalue weighted by Crippen LogP contribution is 2.31. The van der Waals surface area contributed by atoms with Crippen molar-refractivity contribution in [2.75, 3.05) is 13.2 Å². The number of carbonyl (C=O) groups is 1. The number of hydrogen-bond donors (Lipinski definition) is 2. The number of benzene rings is 1. The minimum Gasteiger partial charge on any atom is -0.491 e. The van der Waals surface area contributed by atoms with Crippen molar-refractivity contribution in [1.82, 2.24) is 5.32 Å². The highest BCUT2D eigenvalue weighted by molar-refractivity contribution is 5.97. The summed E-state index contributed by atoms with van der Waals surface area (Å²) in [5.74, 6) is -0.119. The van der Waals surface area contributed by atoms with Gasteiger partial charge in [0.25, 0.3) is 5.91 Å². The van der Waals surface area contributed by atoms with Gasteiger partial charge in [0.05, 0.1) is 24.6 Å². The zero-order chi connectivity index (χ0) is 14.0. The number of ether oxygens (including phenoxy) is 1. The van der Waals surface area contributed by atoms with Crippen LogP contribution in [0.15, 0.2) is 18.2 Å². The smallest absolute Gasteiger partial charge is 0.391 e. The summed E-state index contributed by atoms with van der Waals surface area (Å²) < 4.78 is 41.9. The van der Waals surface area contributed by atoms with Gasteiger partial charge in [0.2, 0.25) is 0 Å². The Balaban J connectivity index is 2.27. The van der Waals surface area contributed by atoms with Crippen molar-refractivity contribution in [1.29, 1.82) is 0 Å². The van der Waals surface area contributed by atoms with Crippen LogP contribution in [0.5, 0.6) is 5.75 Å². The number of alkyl halides is 3. The van der Waals surface area contributed by atoms with E-state index in [1.54, 1.807) is 0 Å². The van der Waals surface area contributed by atoms with Crippen LogP contribution in [0.1, 0.15) is 28.4 Å². The average molecular weight is 275 g/mol. The van der Waals surface area contributed by atoms with Crippen LogP contribution in [-0.2, 0) is 0 Å². The normalized spacial score (nSPS) is 16.9. The van der Waals surface area contributed by atoms with Gasteiger partial charge in [0, 0.05) is 0 Å². The van der Waals surface area contributed by atoms with Gasteiger partial charge < -0.3 is 15.2 Å². The van der Waals surface area contributed by atoms with Crippen molar-refractivity contribution >= 4 is 5.91 Å². The van der Waals surface area contributed by atoms with Crippen LogP contribution in [0.2, 0.25) is 0 Å². The molecule has 1 heterocycles. The molecule has 1 atom stereocenters. The Morgan fingerprint density at radius 2 is 2.16 bits per heavy atom. The lowest BCUT2D eigenvalue weighted by atomic mass is 10.0.